The van der Waals surface area contributed by atoms with E-state index >= 15 is 0 Å². The molecule has 0 bridgehead atoms. The standard InChI is InChI=1S/C43H50N2/c1-6-9-19-34-24-25-39-38(31-34)40-23-15-16-29-45(40)43(8-3,42(39,5)7-2)27-17-28-44-30-26-36(35-20-11-10-12-21-35)32-41(44)37-22-14-13-18-33(37)4/h10-16,18,20-26,29-32H,6-9,17,19,27-28H2,1-5H3/q+2. The molecule has 2 nitrogen and oxygen atoms in total. The highest BCUT2D eigenvalue weighted by molar-refractivity contribution is 5.70. The molecule has 230 valence electrons. The van der Waals surface area contributed by atoms with Crippen LogP contribution in [-0.4, -0.2) is 0 Å². The van der Waals surface area contributed by atoms with E-state index in [1.165, 1.54) is 63.2 Å². The second-order valence-electron chi connectivity index (χ2n) is 13.3. The van der Waals surface area contributed by atoms with Crippen LogP contribution in [0.1, 0.15) is 82.9 Å². The molecule has 45 heavy (non-hydrogen) atoms. The highest BCUT2D eigenvalue weighted by atomic mass is 15.1. The number of nitrogens with zero attached hydrogens (tertiary/aromatic N) is 2. The van der Waals surface area contributed by atoms with Crippen LogP contribution in [0.15, 0.2) is 116 Å². The van der Waals surface area contributed by atoms with Crippen LogP contribution in [0.25, 0.3) is 33.6 Å². The van der Waals surface area contributed by atoms with Crippen LogP contribution in [0.4, 0.5) is 0 Å². The Morgan fingerprint density at radius 2 is 1.42 bits per heavy atom. The highest BCUT2D eigenvalue weighted by Gasteiger charge is 2.58. The first-order valence-corrected chi connectivity index (χ1v) is 17.3. The Morgan fingerprint density at radius 3 is 2.18 bits per heavy atom. The van der Waals surface area contributed by atoms with E-state index in [0.29, 0.717) is 0 Å². The van der Waals surface area contributed by atoms with Gasteiger partial charge < -0.3 is 0 Å². The van der Waals surface area contributed by atoms with E-state index in [4.69, 9.17) is 0 Å². The molecule has 3 aromatic carbocycles. The minimum absolute atomic E-state index is 0.0103. The normalized spacial score (nSPS) is 18.8. The lowest BCUT2D eigenvalue weighted by atomic mass is 9.58. The smallest absolute Gasteiger partial charge is 0.198 e. The monoisotopic (exact) mass is 594 g/mol. The van der Waals surface area contributed by atoms with Gasteiger partial charge in [0.1, 0.15) is 6.54 Å². The second kappa shape index (κ2) is 13.1. The Bertz CT molecular complexity index is 1770. The molecule has 0 aliphatic carbocycles. The lowest BCUT2D eigenvalue weighted by Gasteiger charge is -2.48. The summed E-state index contributed by atoms with van der Waals surface area (Å²) in [7, 11) is 0. The van der Waals surface area contributed by atoms with Crippen molar-refractivity contribution in [2.75, 3.05) is 0 Å². The number of hydrogen-bond acceptors (Lipinski definition) is 0. The fourth-order valence-corrected chi connectivity index (χ4v) is 8.20. The molecule has 1 aliphatic rings. The molecule has 3 heterocycles. The first kappa shape index (κ1) is 31.0. The summed E-state index contributed by atoms with van der Waals surface area (Å²) in [5, 5.41) is 0. The van der Waals surface area contributed by atoms with Gasteiger partial charge in [0, 0.05) is 49.1 Å². The molecular formula is C43H50N2+2. The molecule has 2 heteroatoms. The van der Waals surface area contributed by atoms with Crippen LogP contribution in [-0.2, 0) is 23.9 Å². The van der Waals surface area contributed by atoms with Crippen molar-refractivity contribution >= 4 is 0 Å². The minimum Gasteiger partial charge on any atom is -0.198 e. The lowest BCUT2D eigenvalue weighted by Crippen LogP contribution is -2.69. The topological polar surface area (TPSA) is 7.76 Å². The Hall–Kier alpha value is -4.04. The van der Waals surface area contributed by atoms with Gasteiger partial charge in [-0.05, 0) is 79.1 Å². The molecule has 0 fully saturated rings. The average molecular weight is 595 g/mol. The summed E-state index contributed by atoms with van der Waals surface area (Å²) in [5.74, 6) is 0. The molecule has 0 spiro atoms. The molecule has 2 unspecified atom stereocenters. The Kier molecular flexibility index (Phi) is 9.04. The Morgan fingerprint density at radius 1 is 0.644 bits per heavy atom. The van der Waals surface area contributed by atoms with Crippen molar-refractivity contribution < 1.29 is 9.13 Å². The molecule has 2 aromatic heterocycles. The SMILES string of the molecule is CCCCc1ccc2c(c1)-c1cccc[n+]1C(CC)(CCC[n+]1ccc(-c3ccccc3)cc1-c1ccccc1C)C2(C)CC. The zero-order chi connectivity index (χ0) is 31.4. The highest BCUT2D eigenvalue weighted by Crippen LogP contribution is 2.51. The van der Waals surface area contributed by atoms with E-state index in [0.717, 1.165) is 38.6 Å². The Balaban J connectivity index is 1.38. The van der Waals surface area contributed by atoms with E-state index in [-0.39, 0.29) is 11.0 Å². The van der Waals surface area contributed by atoms with E-state index < -0.39 is 0 Å². The molecule has 5 aromatic rings. The van der Waals surface area contributed by atoms with Crippen LogP contribution in [0.2, 0.25) is 0 Å². The van der Waals surface area contributed by atoms with Crippen molar-refractivity contribution in [3.8, 4) is 33.6 Å². The van der Waals surface area contributed by atoms with Gasteiger partial charge in [0.2, 0.25) is 11.4 Å². The van der Waals surface area contributed by atoms with E-state index in [2.05, 4.69) is 159 Å². The van der Waals surface area contributed by atoms with Crippen LogP contribution in [0.3, 0.4) is 0 Å². The van der Waals surface area contributed by atoms with Crippen LogP contribution >= 0.6 is 0 Å². The molecule has 1 aliphatic heterocycles. The number of benzene rings is 3. The number of hydrogen-bond donors (Lipinski definition) is 0. The van der Waals surface area contributed by atoms with Crippen molar-refractivity contribution in [2.45, 2.75) is 97.1 Å². The summed E-state index contributed by atoms with van der Waals surface area (Å²) in [4.78, 5) is 0. The number of rotatable bonds is 11. The van der Waals surface area contributed by atoms with E-state index in [1.54, 1.807) is 0 Å². The van der Waals surface area contributed by atoms with Gasteiger partial charge in [0.25, 0.3) is 0 Å². The van der Waals surface area contributed by atoms with Crippen molar-refractivity contribution in [3.63, 3.8) is 0 Å². The Labute approximate surface area is 271 Å². The zero-order valence-electron chi connectivity index (χ0n) is 28.0. The number of pyridine rings is 2. The molecule has 6 rings (SSSR count). The van der Waals surface area contributed by atoms with Gasteiger partial charge in [-0.1, -0.05) is 87.9 Å². The van der Waals surface area contributed by atoms with Crippen molar-refractivity contribution in [1.82, 2.24) is 0 Å². The summed E-state index contributed by atoms with van der Waals surface area (Å²) in [6, 6.07) is 38.5. The van der Waals surface area contributed by atoms with Crippen molar-refractivity contribution in [1.29, 1.82) is 0 Å². The lowest BCUT2D eigenvalue weighted by molar-refractivity contribution is -0.771. The summed E-state index contributed by atoms with van der Waals surface area (Å²) in [6.45, 7) is 12.9. The van der Waals surface area contributed by atoms with Gasteiger partial charge in [0.15, 0.2) is 17.9 Å². The quantitative estimate of drug-likeness (QED) is 0.134. The first-order chi connectivity index (χ1) is 22.0. The number of aromatic nitrogens is 2. The van der Waals surface area contributed by atoms with Gasteiger partial charge in [-0.25, -0.2) is 0 Å². The summed E-state index contributed by atoms with van der Waals surface area (Å²) in [6.07, 6.45) is 12.7. The first-order valence-electron chi connectivity index (χ1n) is 17.3. The molecule has 0 saturated carbocycles. The molecule has 0 radical (unpaired) electrons. The summed E-state index contributed by atoms with van der Waals surface area (Å²) >= 11 is 0. The van der Waals surface area contributed by atoms with Crippen LogP contribution in [0, 0.1) is 6.92 Å². The van der Waals surface area contributed by atoms with E-state index in [9.17, 15) is 0 Å². The molecular weight excluding hydrogens is 544 g/mol. The number of unbranched alkanes of at least 4 members (excludes halogenated alkanes) is 1. The van der Waals surface area contributed by atoms with Crippen LogP contribution in [0.5, 0.6) is 0 Å². The predicted octanol–water partition coefficient (Wildman–Crippen LogP) is 10.2. The summed E-state index contributed by atoms with van der Waals surface area (Å²) < 4.78 is 5.17. The van der Waals surface area contributed by atoms with Gasteiger partial charge >= 0.3 is 0 Å². The predicted molar refractivity (Wildman–Crippen MR) is 188 cm³/mol. The largest absolute Gasteiger partial charge is 0.213 e. The van der Waals surface area contributed by atoms with Crippen molar-refractivity contribution in [3.05, 3.63) is 132 Å². The van der Waals surface area contributed by atoms with Gasteiger partial charge in [-0.2, -0.15) is 9.13 Å². The second-order valence-corrected chi connectivity index (χ2v) is 13.3. The fraction of sp³-hybridized carbons (Fsp3) is 0.349. The third-order valence-electron chi connectivity index (χ3n) is 11.0. The molecule has 0 N–H and O–H groups in total. The molecule has 2 atom stereocenters. The zero-order valence-corrected chi connectivity index (χ0v) is 28.0. The van der Waals surface area contributed by atoms with Gasteiger partial charge in [0.05, 0.1) is 11.0 Å². The maximum atomic E-state index is 2.67. The number of fused-ring (bicyclic) bond motifs is 3. The molecule has 0 amide bonds. The third kappa shape index (κ3) is 5.54. The van der Waals surface area contributed by atoms with Gasteiger partial charge in [-0.15, -0.1) is 0 Å². The maximum Gasteiger partial charge on any atom is 0.213 e. The van der Waals surface area contributed by atoms with Crippen molar-refractivity contribution in [2.24, 2.45) is 0 Å². The van der Waals surface area contributed by atoms with Gasteiger partial charge in [-0.3, -0.25) is 0 Å². The third-order valence-corrected chi connectivity index (χ3v) is 11.0. The van der Waals surface area contributed by atoms with E-state index in [1.807, 2.05) is 0 Å². The maximum absolute atomic E-state index is 2.67. The minimum atomic E-state index is -0.0103. The molecule has 0 saturated heterocycles. The van der Waals surface area contributed by atoms with Crippen LogP contribution < -0.4 is 9.13 Å². The summed E-state index contributed by atoms with van der Waals surface area (Å²) in [5.41, 5.74) is 12.3. The average Bonchev–Trinajstić information content (AvgIpc) is 3.09. The number of aryl methyl sites for hydroxylation is 3. The fourth-order valence-electron chi connectivity index (χ4n) is 8.20.